The molecule has 0 saturated carbocycles. The molecule has 1 amide bonds. The average Bonchev–Trinajstić information content (AvgIpc) is 3.04. The Morgan fingerprint density at radius 3 is 2.28 bits per heavy atom. The topological polar surface area (TPSA) is 92.3 Å². The zero-order chi connectivity index (χ0) is 18.6. The van der Waals surface area contributed by atoms with Crippen LogP contribution in [0.25, 0.3) is 0 Å². The predicted molar refractivity (Wildman–Crippen MR) is 98.5 cm³/mol. The smallest absolute Gasteiger partial charge is 0.257 e. The highest BCUT2D eigenvalue weighted by molar-refractivity contribution is 7.89. The third-order valence-electron chi connectivity index (χ3n) is 3.89. The lowest BCUT2D eigenvalue weighted by molar-refractivity contribution is 0.102. The van der Waals surface area contributed by atoms with E-state index in [4.69, 9.17) is 0 Å². The van der Waals surface area contributed by atoms with Crippen LogP contribution in [0.4, 0.5) is 5.13 Å². The van der Waals surface area contributed by atoms with Crippen molar-refractivity contribution in [2.24, 2.45) is 0 Å². The molecule has 7 nitrogen and oxygen atoms in total. The third-order valence-corrected chi connectivity index (χ3v) is 6.72. The van der Waals surface area contributed by atoms with Gasteiger partial charge in [0, 0.05) is 25.6 Å². The predicted octanol–water partition coefficient (Wildman–Crippen LogP) is 2.94. The average molecular weight is 383 g/mol. The summed E-state index contributed by atoms with van der Waals surface area (Å²) in [6.07, 6.45) is 1.95. The van der Waals surface area contributed by atoms with Crippen molar-refractivity contribution in [3.63, 3.8) is 0 Å². The summed E-state index contributed by atoms with van der Waals surface area (Å²) in [6, 6.07) is 5.79. The second-order valence-electron chi connectivity index (χ2n) is 5.72. The maximum atomic E-state index is 12.3. The zero-order valence-corrected chi connectivity index (χ0v) is 16.3. The Morgan fingerprint density at radius 2 is 1.76 bits per heavy atom. The monoisotopic (exact) mass is 382 g/mol. The molecule has 1 heterocycles. The van der Waals surface area contributed by atoms with Crippen LogP contribution < -0.4 is 5.32 Å². The van der Waals surface area contributed by atoms with Gasteiger partial charge in [0.15, 0.2) is 0 Å². The number of nitrogens with zero attached hydrogens (tertiary/aromatic N) is 3. The summed E-state index contributed by atoms with van der Waals surface area (Å²) in [7, 11) is -0.587. The molecule has 2 rings (SSSR count). The molecule has 9 heteroatoms. The van der Waals surface area contributed by atoms with Crippen LogP contribution >= 0.6 is 11.3 Å². The number of sulfonamides is 1. The van der Waals surface area contributed by atoms with Gasteiger partial charge in [-0.25, -0.2) is 12.7 Å². The second-order valence-corrected chi connectivity index (χ2v) is 8.89. The maximum Gasteiger partial charge on any atom is 0.257 e. The van der Waals surface area contributed by atoms with Gasteiger partial charge in [-0.3, -0.25) is 10.1 Å². The molecule has 0 radical (unpaired) electrons. The third kappa shape index (κ3) is 4.42. The zero-order valence-electron chi connectivity index (χ0n) is 14.7. The van der Waals surface area contributed by atoms with E-state index in [1.54, 1.807) is 0 Å². The van der Waals surface area contributed by atoms with Gasteiger partial charge in [-0.15, -0.1) is 10.2 Å². The SMILES string of the molecule is CCC(CC)c1nnc(NC(=O)c2ccc(S(=O)(=O)N(C)C)cc2)s1. The van der Waals surface area contributed by atoms with Gasteiger partial charge in [-0.2, -0.15) is 0 Å². The van der Waals surface area contributed by atoms with Crippen LogP contribution in [0.15, 0.2) is 29.2 Å². The van der Waals surface area contributed by atoms with Crippen molar-refractivity contribution in [1.82, 2.24) is 14.5 Å². The fourth-order valence-electron chi connectivity index (χ4n) is 2.25. The number of amides is 1. The largest absolute Gasteiger partial charge is 0.296 e. The summed E-state index contributed by atoms with van der Waals surface area (Å²) in [5.41, 5.74) is 0.358. The molecule has 1 aromatic carbocycles. The second kappa shape index (κ2) is 8.03. The molecule has 136 valence electrons. The molecule has 0 fully saturated rings. The van der Waals surface area contributed by atoms with Crippen molar-refractivity contribution >= 4 is 32.4 Å². The number of benzene rings is 1. The first kappa shape index (κ1) is 19.5. The number of aromatic nitrogens is 2. The van der Waals surface area contributed by atoms with Gasteiger partial charge in [0.1, 0.15) is 5.01 Å². The Kier molecular flexibility index (Phi) is 6.26. The molecule has 0 bridgehead atoms. The fraction of sp³-hybridized carbons (Fsp3) is 0.438. The van der Waals surface area contributed by atoms with Gasteiger partial charge < -0.3 is 0 Å². The molecule has 1 aromatic heterocycles. The highest BCUT2D eigenvalue weighted by Gasteiger charge is 2.18. The quantitative estimate of drug-likeness (QED) is 0.795. The lowest BCUT2D eigenvalue weighted by Gasteiger charge is -2.11. The summed E-state index contributed by atoms with van der Waals surface area (Å²) < 4.78 is 25.2. The van der Waals surface area contributed by atoms with E-state index in [0.717, 1.165) is 22.2 Å². The van der Waals surface area contributed by atoms with Crippen LogP contribution in [-0.2, 0) is 10.0 Å². The number of rotatable bonds is 7. The van der Waals surface area contributed by atoms with Crippen molar-refractivity contribution in [2.45, 2.75) is 37.5 Å². The Balaban J connectivity index is 2.12. The first-order chi connectivity index (χ1) is 11.8. The van der Waals surface area contributed by atoms with Crippen LogP contribution in [0.1, 0.15) is 48.0 Å². The molecule has 0 aliphatic carbocycles. The van der Waals surface area contributed by atoms with E-state index in [1.807, 2.05) is 0 Å². The summed E-state index contributed by atoms with van der Waals surface area (Å²) >= 11 is 1.37. The normalized spacial score (nSPS) is 11.9. The highest BCUT2D eigenvalue weighted by atomic mass is 32.2. The summed E-state index contributed by atoms with van der Waals surface area (Å²) in [6.45, 7) is 4.19. The molecule has 0 aliphatic rings. The first-order valence-corrected chi connectivity index (χ1v) is 10.2. The molecule has 25 heavy (non-hydrogen) atoms. The molecular formula is C16H22N4O3S2. The van der Waals surface area contributed by atoms with E-state index in [1.165, 1.54) is 49.7 Å². The Morgan fingerprint density at radius 1 is 1.16 bits per heavy atom. The number of anilines is 1. The van der Waals surface area contributed by atoms with E-state index < -0.39 is 10.0 Å². The number of hydrogen-bond acceptors (Lipinski definition) is 6. The minimum Gasteiger partial charge on any atom is -0.296 e. The van der Waals surface area contributed by atoms with Crippen molar-refractivity contribution in [2.75, 3.05) is 19.4 Å². The van der Waals surface area contributed by atoms with E-state index in [9.17, 15) is 13.2 Å². The van der Waals surface area contributed by atoms with E-state index in [0.29, 0.717) is 16.6 Å². The Hall–Kier alpha value is -1.84. The van der Waals surface area contributed by atoms with Crippen molar-refractivity contribution in [3.8, 4) is 0 Å². The highest BCUT2D eigenvalue weighted by Crippen LogP contribution is 2.28. The maximum absolute atomic E-state index is 12.3. The number of nitrogens with one attached hydrogen (secondary N) is 1. The Labute approximate surface area is 152 Å². The Bertz CT molecular complexity index is 825. The van der Waals surface area contributed by atoms with E-state index >= 15 is 0 Å². The molecule has 0 saturated heterocycles. The van der Waals surface area contributed by atoms with Crippen LogP contribution in [0, 0.1) is 0 Å². The number of carbonyl (C=O) groups is 1. The van der Waals surface area contributed by atoms with Gasteiger partial charge in [0.05, 0.1) is 4.90 Å². The van der Waals surface area contributed by atoms with Crippen LogP contribution in [0.2, 0.25) is 0 Å². The number of carbonyl (C=O) groups excluding carboxylic acids is 1. The van der Waals surface area contributed by atoms with Gasteiger partial charge in [-0.05, 0) is 37.1 Å². The lowest BCUT2D eigenvalue weighted by Crippen LogP contribution is -2.22. The molecule has 0 aliphatic heterocycles. The van der Waals surface area contributed by atoms with Gasteiger partial charge in [0.2, 0.25) is 15.2 Å². The first-order valence-electron chi connectivity index (χ1n) is 7.96. The van der Waals surface area contributed by atoms with E-state index in [-0.39, 0.29) is 10.8 Å². The van der Waals surface area contributed by atoms with Crippen LogP contribution in [-0.4, -0.2) is 42.9 Å². The summed E-state index contributed by atoms with van der Waals surface area (Å²) in [5.74, 6) is -0.000256. The molecule has 1 N–H and O–H groups in total. The van der Waals surface area contributed by atoms with Crippen molar-refractivity contribution < 1.29 is 13.2 Å². The molecule has 0 unspecified atom stereocenters. The van der Waals surface area contributed by atoms with Gasteiger partial charge in [0.25, 0.3) is 5.91 Å². The molecule has 0 spiro atoms. The van der Waals surface area contributed by atoms with Crippen molar-refractivity contribution in [1.29, 1.82) is 0 Å². The van der Waals surface area contributed by atoms with E-state index in [2.05, 4.69) is 29.4 Å². The molecule has 0 atom stereocenters. The number of hydrogen-bond donors (Lipinski definition) is 1. The van der Waals surface area contributed by atoms with Gasteiger partial charge in [-0.1, -0.05) is 25.2 Å². The molecular weight excluding hydrogens is 360 g/mol. The molecule has 2 aromatic rings. The fourth-order valence-corrected chi connectivity index (χ4v) is 4.15. The van der Waals surface area contributed by atoms with Gasteiger partial charge >= 0.3 is 0 Å². The summed E-state index contributed by atoms with van der Waals surface area (Å²) in [5, 5.41) is 12.2. The minimum atomic E-state index is -3.51. The minimum absolute atomic E-state index is 0.140. The standard InChI is InChI=1S/C16H22N4O3S2/c1-5-11(6-2)15-18-19-16(24-15)17-14(21)12-7-9-13(10-8-12)25(22,23)20(3)4/h7-11H,5-6H2,1-4H3,(H,17,19,21). The van der Waals surface area contributed by atoms with Crippen LogP contribution in [0.3, 0.4) is 0 Å². The summed E-state index contributed by atoms with van der Waals surface area (Å²) in [4.78, 5) is 12.4. The van der Waals surface area contributed by atoms with Crippen LogP contribution in [0.5, 0.6) is 0 Å². The van der Waals surface area contributed by atoms with Crippen molar-refractivity contribution in [3.05, 3.63) is 34.8 Å². The lowest BCUT2D eigenvalue weighted by atomic mass is 10.1.